The lowest BCUT2D eigenvalue weighted by Crippen LogP contribution is -2.03. The van der Waals surface area contributed by atoms with Gasteiger partial charge in [0.25, 0.3) is 0 Å². The second kappa shape index (κ2) is 7.10. The van der Waals surface area contributed by atoms with E-state index in [1.807, 2.05) is 0 Å². The summed E-state index contributed by atoms with van der Waals surface area (Å²) in [7, 11) is 4.52. The van der Waals surface area contributed by atoms with Crippen molar-refractivity contribution in [3.05, 3.63) is 17.7 Å². The van der Waals surface area contributed by atoms with Crippen molar-refractivity contribution in [1.82, 2.24) is 0 Å². The van der Waals surface area contributed by atoms with Gasteiger partial charge in [0.15, 0.2) is 11.5 Å². The molecule has 0 saturated heterocycles. The van der Waals surface area contributed by atoms with Crippen molar-refractivity contribution in [3.63, 3.8) is 0 Å². The first-order valence-electron chi connectivity index (χ1n) is 5.29. The van der Waals surface area contributed by atoms with Gasteiger partial charge in [-0.05, 0) is 6.07 Å². The molecule has 0 unspecified atom stereocenters. The van der Waals surface area contributed by atoms with Crippen LogP contribution >= 0.6 is 0 Å². The van der Waals surface area contributed by atoms with E-state index in [-0.39, 0.29) is 0 Å². The van der Waals surface area contributed by atoms with E-state index in [4.69, 9.17) is 19.3 Å². The van der Waals surface area contributed by atoms with Crippen molar-refractivity contribution in [2.45, 2.75) is 0 Å². The largest absolute Gasteiger partial charge is 0.496 e. The third kappa shape index (κ3) is 4.06. The molecule has 0 saturated carbocycles. The van der Waals surface area contributed by atoms with Crippen LogP contribution in [0.2, 0.25) is 0 Å². The number of nitrogens with zero attached hydrogens (tertiary/aromatic N) is 1. The Labute approximate surface area is 110 Å². The molecule has 0 bridgehead atoms. The van der Waals surface area contributed by atoms with E-state index in [2.05, 4.69) is 9.99 Å². The van der Waals surface area contributed by atoms with Crippen LogP contribution in [0.4, 0.5) is 0 Å². The van der Waals surface area contributed by atoms with Gasteiger partial charge in [-0.3, -0.25) is 0 Å². The molecule has 19 heavy (non-hydrogen) atoms. The molecule has 7 heteroatoms. The summed E-state index contributed by atoms with van der Waals surface area (Å²) in [4.78, 5) is 14.8. The molecule has 0 aromatic heterocycles. The quantitative estimate of drug-likeness (QED) is 0.590. The molecule has 0 radical (unpaired) electrons. The number of benzene rings is 1. The van der Waals surface area contributed by atoms with Crippen LogP contribution in [0.5, 0.6) is 17.2 Å². The Bertz CT molecular complexity index is 472. The molecule has 0 fully saturated rings. The number of methoxy groups -OCH3 is 3. The van der Waals surface area contributed by atoms with E-state index < -0.39 is 12.6 Å². The summed E-state index contributed by atoms with van der Waals surface area (Å²) in [5.41, 5.74) is 0.575. The number of carboxylic acid groups (broad SMARTS) is 1. The summed E-state index contributed by atoms with van der Waals surface area (Å²) in [6.45, 7) is -0.508. The van der Waals surface area contributed by atoms with Crippen LogP contribution in [0, 0.1) is 0 Å². The van der Waals surface area contributed by atoms with Crippen LogP contribution in [-0.4, -0.2) is 45.2 Å². The number of ether oxygens (including phenoxy) is 3. The van der Waals surface area contributed by atoms with E-state index in [9.17, 15) is 4.79 Å². The molecule has 0 aliphatic heterocycles. The minimum Gasteiger partial charge on any atom is -0.496 e. The van der Waals surface area contributed by atoms with Gasteiger partial charge in [-0.1, -0.05) is 5.16 Å². The highest BCUT2D eigenvalue weighted by molar-refractivity contribution is 5.84. The zero-order valence-corrected chi connectivity index (χ0v) is 10.9. The Morgan fingerprint density at radius 3 is 2.26 bits per heavy atom. The number of hydrogen-bond acceptors (Lipinski definition) is 6. The van der Waals surface area contributed by atoms with Crippen LogP contribution in [0.15, 0.2) is 17.3 Å². The maximum atomic E-state index is 10.3. The molecule has 0 spiro atoms. The van der Waals surface area contributed by atoms with Gasteiger partial charge < -0.3 is 24.2 Å². The molecule has 1 aromatic rings. The number of oxime groups is 1. The third-order valence-corrected chi connectivity index (χ3v) is 2.19. The van der Waals surface area contributed by atoms with E-state index in [0.717, 1.165) is 0 Å². The molecular formula is C12H15NO6. The number of rotatable bonds is 7. The number of aliphatic carboxylic acids is 1. The number of carbonyl (C=O) groups is 1. The third-order valence-electron chi connectivity index (χ3n) is 2.19. The van der Waals surface area contributed by atoms with E-state index in [1.54, 1.807) is 12.1 Å². The van der Waals surface area contributed by atoms with Crippen molar-refractivity contribution >= 4 is 12.2 Å². The average Bonchev–Trinajstić information content (AvgIpc) is 2.42. The highest BCUT2D eigenvalue weighted by Gasteiger charge is 2.10. The molecule has 104 valence electrons. The summed E-state index contributed by atoms with van der Waals surface area (Å²) in [6.07, 6.45) is 1.34. The van der Waals surface area contributed by atoms with Gasteiger partial charge in [-0.2, -0.15) is 0 Å². The van der Waals surface area contributed by atoms with Crippen LogP contribution in [0.3, 0.4) is 0 Å². The maximum absolute atomic E-state index is 10.3. The molecule has 1 N–H and O–H groups in total. The van der Waals surface area contributed by atoms with Crippen molar-refractivity contribution in [2.75, 3.05) is 27.9 Å². The smallest absolute Gasteiger partial charge is 0.344 e. The predicted octanol–water partition coefficient (Wildman–Crippen LogP) is 1.15. The lowest BCUT2D eigenvalue weighted by Gasteiger charge is -2.11. The Morgan fingerprint density at radius 1 is 1.16 bits per heavy atom. The van der Waals surface area contributed by atoms with Gasteiger partial charge in [0.1, 0.15) is 5.75 Å². The normalized spacial score (nSPS) is 10.3. The van der Waals surface area contributed by atoms with Crippen LogP contribution in [0.25, 0.3) is 0 Å². The second-order valence-electron chi connectivity index (χ2n) is 3.35. The molecule has 0 aliphatic carbocycles. The fraction of sp³-hybridized carbons (Fsp3) is 0.333. The highest BCUT2D eigenvalue weighted by Crippen LogP contribution is 2.33. The van der Waals surface area contributed by atoms with Gasteiger partial charge in [-0.15, -0.1) is 0 Å². The van der Waals surface area contributed by atoms with Crippen LogP contribution in [-0.2, 0) is 9.63 Å². The molecule has 1 aromatic carbocycles. The van der Waals surface area contributed by atoms with Crippen molar-refractivity contribution in [2.24, 2.45) is 5.16 Å². The zero-order valence-electron chi connectivity index (χ0n) is 10.9. The average molecular weight is 269 g/mol. The Kier molecular flexibility index (Phi) is 5.46. The van der Waals surface area contributed by atoms with Crippen molar-refractivity contribution < 1.29 is 28.9 Å². The van der Waals surface area contributed by atoms with E-state index in [1.165, 1.54) is 27.5 Å². The summed E-state index contributed by atoms with van der Waals surface area (Å²) in [5, 5.41) is 11.9. The standard InChI is InChI=1S/C12H15NO6/c1-16-9-5-11(18-3)10(17-2)4-8(9)6-13-19-7-12(14)15/h4-6H,7H2,1-3H3,(H,14,15). The monoisotopic (exact) mass is 269 g/mol. The first kappa shape index (κ1) is 14.6. The van der Waals surface area contributed by atoms with Gasteiger partial charge >= 0.3 is 5.97 Å². The molecule has 7 nitrogen and oxygen atoms in total. The maximum Gasteiger partial charge on any atom is 0.344 e. The Hall–Kier alpha value is -2.44. The van der Waals surface area contributed by atoms with Crippen molar-refractivity contribution in [3.8, 4) is 17.2 Å². The number of hydrogen-bond donors (Lipinski definition) is 1. The summed E-state index contributed by atoms with van der Waals surface area (Å²) < 4.78 is 15.4. The lowest BCUT2D eigenvalue weighted by molar-refractivity contribution is -0.142. The Balaban J connectivity index is 2.95. The van der Waals surface area contributed by atoms with Gasteiger partial charge in [0, 0.05) is 11.6 Å². The fourth-order valence-electron chi connectivity index (χ4n) is 1.34. The topological polar surface area (TPSA) is 86.6 Å². The van der Waals surface area contributed by atoms with Gasteiger partial charge in [-0.25, -0.2) is 4.79 Å². The zero-order chi connectivity index (χ0) is 14.3. The Morgan fingerprint density at radius 2 is 1.74 bits per heavy atom. The first-order valence-corrected chi connectivity index (χ1v) is 5.29. The lowest BCUT2D eigenvalue weighted by atomic mass is 10.2. The molecule has 0 amide bonds. The summed E-state index contributed by atoms with van der Waals surface area (Å²) in [6, 6.07) is 3.28. The van der Waals surface area contributed by atoms with Gasteiger partial charge in [0.05, 0.1) is 27.5 Å². The minimum atomic E-state index is -1.10. The van der Waals surface area contributed by atoms with Gasteiger partial charge in [0.2, 0.25) is 6.61 Å². The highest BCUT2D eigenvalue weighted by atomic mass is 16.6. The van der Waals surface area contributed by atoms with Crippen molar-refractivity contribution in [1.29, 1.82) is 0 Å². The second-order valence-corrected chi connectivity index (χ2v) is 3.35. The summed E-state index contributed by atoms with van der Waals surface area (Å²) in [5.74, 6) is 0.419. The number of carboxylic acids is 1. The molecule has 0 aliphatic rings. The molecule has 1 rings (SSSR count). The minimum absolute atomic E-state index is 0.500. The molecular weight excluding hydrogens is 254 g/mol. The van der Waals surface area contributed by atoms with Crippen LogP contribution < -0.4 is 14.2 Å². The summed E-state index contributed by atoms with van der Waals surface area (Å²) >= 11 is 0. The van der Waals surface area contributed by atoms with E-state index in [0.29, 0.717) is 22.8 Å². The first-order chi connectivity index (χ1) is 9.12. The fourth-order valence-corrected chi connectivity index (χ4v) is 1.34. The van der Waals surface area contributed by atoms with E-state index >= 15 is 0 Å². The molecule has 0 atom stereocenters. The predicted molar refractivity (Wildman–Crippen MR) is 67.3 cm³/mol. The molecule has 0 heterocycles. The SMILES string of the molecule is COc1cc(OC)c(OC)cc1C=NOCC(=O)O. The van der Waals surface area contributed by atoms with Crippen LogP contribution in [0.1, 0.15) is 5.56 Å².